The van der Waals surface area contributed by atoms with Crippen molar-refractivity contribution in [3.05, 3.63) is 24.0 Å². The standard InChI is InChI=1S/C15H26N2O/c1-2-10-17-11-6-7-14(17)12-16-13-15(18)8-4-3-5-9-15/h6-7,11,16,18H,2-5,8-10,12-13H2,1H3. The Balaban J connectivity index is 1.78. The van der Waals surface area contributed by atoms with Gasteiger partial charge in [-0.25, -0.2) is 0 Å². The van der Waals surface area contributed by atoms with Gasteiger partial charge in [-0.1, -0.05) is 26.2 Å². The maximum absolute atomic E-state index is 10.4. The van der Waals surface area contributed by atoms with Crippen LogP contribution in [0.5, 0.6) is 0 Å². The lowest BCUT2D eigenvalue weighted by Crippen LogP contribution is -2.42. The van der Waals surface area contributed by atoms with Crippen molar-refractivity contribution < 1.29 is 5.11 Å². The van der Waals surface area contributed by atoms with E-state index in [2.05, 4.69) is 35.1 Å². The van der Waals surface area contributed by atoms with E-state index in [-0.39, 0.29) is 0 Å². The average Bonchev–Trinajstić information content (AvgIpc) is 2.78. The Morgan fingerprint density at radius 1 is 1.33 bits per heavy atom. The van der Waals surface area contributed by atoms with Crippen LogP contribution in [0.25, 0.3) is 0 Å². The molecule has 3 heteroatoms. The van der Waals surface area contributed by atoms with E-state index in [0.717, 1.165) is 38.9 Å². The fourth-order valence-electron chi connectivity index (χ4n) is 2.88. The van der Waals surface area contributed by atoms with Gasteiger partial charge in [-0.05, 0) is 31.4 Å². The van der Waals surface area contributed by atoms with Gasteiger partial charge in [-0.3, -0.25) is 0 Å². The molecule has 0 unspecified atom stereocenters. The highest BCUT2D eigenvalue weighted by atomic mass is 16.3. The monoisotopic (exact) mass is 250 g/mol. The fraction of sp³-hybridized carbons (Fsp3) is 0.733. The third-order valence-electron chi connectivity index (χ3n) is 3.93. The highest BCUT2D eigenvalue weighted by Crippen LogP contribution is 2.27. The van der Waals surface area contributed by atoms with Gasteiger partial charge in [0.05, 0.1) is 5.60 Å². The maximum atomic E-state index is 10.4. The van der Waals surface area contributed by atoms with Crippen LogP contribution in [0, 0.1) is 0 Å². The Morgan fingerprint density at radius 2 is 2.11 bits per heavy atom. The molecular weight excluding hydrogens is 224 g/mol. The van der Waals surface area contributed by atoms with Gasteiger partial charge in [-0.2, -0.15) is 0 Å². The summed E-state index contributed by atoms with van der Waals surface area (Å²) >= 11 is 0. The Morgan fingerprint density at radius 3 is 2.83 bits per heavy atom. The van der Waals surface area contributed by atoms with E-state index in [1.165, 1.54) is 25.0 Å². The summed E-state index contributed by atoms with van der Waals surface area (Å²) in [4.78, 5) is 0. The van der Waals surface area contributed by atoms with Crippen LogP contribution in [0.2, 0.25) is 0 Å². The van der Waals surface area contributed by atoms with E-state index in [1.54, 1.807) is 0 Å². The van der Waals surface area contributed by atoms with Gasteiger partial charge in [-0.15, -0.1) is 0 Å². The van der Waals surface area contributed by atoms with Gasteiger partial charge in [0.2, 0.25) is 0 Å². The van der Waals surface area contributed by atoms with Gasteiger partial charge in [0, 0.05) is 31.5 Å². The molecule has 2 rings (SSSR count). The Kier molecular flexibility index (Phi) is 4.84. The van der Waals surface area contributed by atoms with Crippen molar-refractivity contribution in [3.63, 3.8) is 0 Å². The number of rotatable bonds is 6. The third-order valence-corrected chi connectivity index (χ3v) is 3.93. The molecule has 0 atom stereocenters. The number of aromatic nitrogens is 1. The summed E-state index contributed by atoms with van der Waals surface area (Å²) in [5.41, 5.74) is 0.858. The van der Waals surface area contributed by atoms with Crippen LogP contribution in [0.1, 0.15) is 51.1 Å². The first-order valence-corrected chi connectivity index (χ1v) is 7.31. The molecule has 1 fully saturated rings. The first kappa shape index (κ1) is 13.6. The molecule has 102 valence electrons. The van der Waals surface area contributed by atoms with E-state index in [0.29, 0.717) is 0 Å². The minimum Gasteiger partial charge on any atom is -0.389 e. The molecule has 1 aliphatic rings. The zero-order valence-electron chi connectivity index (χ0n) is 11.5. The van der Waals surface area contributed by atoms with Crippen LogP contribution in [0.15, 0.2) is 18.3 Å². The topological polar surface area (TPSA) is 37.2 Å². The van der Waals surface area contributed by atoms with Crippen LogP contribution in [0.3, 0.4) is 0 Å². The zero-order valence-corrected chi connectivity index (χ0v) is 11.5. The molecule has 1 aromatic rings. The minimum atomic E-state index is -0.458. The predicted molar refractivity (Wildman–Crippen MR) is 74.5 cm³/mol. The van der Waals surface area contributed by atoms with Crippen molar-refractivity contribution in [2.24, 2.45) is 0 Å². The number of nitrogens with one attached hydrogen (secondary N) is 1. The van der Waals surface area contributed by atoms with Crippen LogP contribution in [0.4, 0.5) is 0 Å². The van der Waals surface area contributed by atoms with Gasteiger partial charge in [0.1, 0.15) is 0 Å². The highest BCUT2D eigenvalue weighted by molar-refractivity contribution is 5.07. The van der Waals surface area contributed by atoms with Gasteiger partial charge in [0.15, 0.2) is 0 Å². The lowest BCUT2D eigenvalue weighted by molar-refractivity contribution is 0.00457. The van der Waals surface area contributed by atoms with Crippen molar-refractivity contribution in [1.29, 1.82) is 0 Å². The Hall–Kier alpha value is -0.800. The summed E-state index contributed by atoms with van der Waals surface area (Å²) in [5.74, 6) is 0. The van der Waals surface area contributed by atoms with Gasteiger partial charge >= 0.3 is 0 Å². The Bertz CT molecular complexity index is 353. The predicted octanol–water partition coefficient (Wildman–Crippen LogP) is 2.68. The minimum absolute atomic E-state index is 0.458. The first-order valence-electron chi connectivity index (χ1n) is 7.31. The van der Waals surface area contributed by atoms with Crippen molar-refractivity contribution in [2.45, 2.75) is 64.1 Å². The summed E-state index contributed by atoms with van der Waals surface area (Å²) in [5, 5.41) is 13.8. The van der Waals surface area contributed by atoms with Crippen LogP contribution in [-0.2, 0) is 13.1 Å². The molecule has 0 aliphatic heterocycles. The fourth-order valence-corrected chi connectivity index (χ4v) is 2.88. The van der Waals surface area contributed by atoms with E-state index >= 15 is 0 Å². The Labute approximate surface area is 110 Å². The summed E-state index contributed by atoms with van der Waals surface area (Å²) in [6.45, 7) is 4.86. The largest absolute Gasteiger partial charge is 0.389 e. The second-order valence-electron chi connectivity index (χ2n) is 5.58. The second kappa shape index (κ2) is 6.39. The molecule has 1 aliphatic carbocycles. The lowest BCUT2D eigenvalue weighted by atomic mass is 9.85. The SMILES string of the molecule is CCCn1cccc1CNCC1(O)CCCCC1. The molecule has 3 nitrogen and oxygen atoms in total. The number of hydrogen-bond acceptors (Lipinski definition) is 2. The first-order chi connectivity index (χ1) is 8.73. The zero-order chi connectivity index (χ0) is 12.8. The molecule has 0 radical (unpaired) electrons. The lowest BCUT2D eigenvalue weighted by Gasteiger charge is -2.32. The van der Waals surface area contributed by atoms with Gasteiger partial charge in [0.25, 0.3) is 0 Å². The van der Waals surface area contributed by atoms with E-state index in [9.17, 15) is 5.11 Å². The number of aryl methyl sites for hydroxylation is 1. The van der Waals surface area contributed by atoms with Crippen LogP contribution >= 0.6 is 0 Å². The van der Waals surface area contributed by atoms with Crippen molar-refractivity contribution in [2.75, 3.05) is 6.54 Å². The number of aliphatic hydroxyl groups is 1. The van der Waals surface area contributed by atoms with Crippen molar-refractivity contribution in [1.82, 2.24) is 9.88 Å². The molecule has 0 bridgehead atoms. The summed E-state index contributed by atoms with van der Waals surface area (Å²) in [6, 6.07) is 4.26. The van der Waals surface area contributed by atoms with E-state index in [4.69, 9.17) is 0 Å². The summed E-state index contributed by atoms with van der Waals surface area (Å²) in [7, 11) is 0. The number of hydrogen-bond donors (Lipinski definition) is 2. The molecule has 0 aromatic carbocycles. The van der Waals surface area contributed by atoms with E-state index < -0.39 is 5.60 Å². The summed E-state index contributed by atoms with van der Waals surface area (Å²) in [6.07, 6.45) is 8.82. The average molecular weight is 250 g/mol. The molecular formula is C15H26N2O. The van der Waals surface area contributed by atoms with Crippen LogP contribution < -0.4 is 5.32 Å². The normalized spacial score (nSPS) is 19.0. The molecule has 0 saturated heterocycles. The molecule has 0 spiro atoms. The van der Waals surface area contributed by atoms with Crippen molar-refractivity contribution >= 4 is 0 Å². The third kappa shape index (κ3) is 3.59. The van der Waals surface area contributed by atoms with Crippen LogP contribution in [-0.4, -0.2) is 21.8 Å². The van der Waals surface area contributed by atoms with Crippen molar-refractivity contribution in [3.8, 4) is 0 Å². The van der Waals surface area contributed by atoms with Gasteiger partial charge < -0.3 is 15.0 Å². The smallest absolute Gasteiger partial charge is 0.0771 e. The molecule has 1 saturated carbocycles. The molecule has 0 amide bonds. The van der Waals surface area contributed by atoms with E-state index in [1.807, 2.05) is 0 Å². The maximum Gasteiger partial charge on any atom is 0.0771 e. The highest BCUT2D eigenvalue weighted by Gasteiger charge is 2.28. The molecule has 18 heavy (non-hydrogen) atoms. The number of nitrogens with zero attached hydrogens (tertiary/aromatic N) is 1. The molecule has 2 N–H and O–H groups in total. The molecule has 1 aromatic heterocycles. The molecule has 1 heterocycles. The summed E-state index contributed by atoms with van der Waals surface area (Å²) < 4.78 is 2.29. The second-order valence-corrected chi connectivity index (χ2v) is 5.58. The quantitative estimate of drug-likeness (QED) is 0.814.